The number of aromatic nitrogens is 3. The molecule has 1 unspecified atom stereocenters. The smallest absolute Gasteiger partial charge is 0.218 e. The first-order valence-electron chi connectivity index (χ1n) is 5.83. The molecule has 0 spiro atoms. The Hall–Kier alpha value is -2.53. The summed E-state index contributed by atoms with van der Waals surface area (Å²) in [6.07, 6.45) is 8.34. The number of para-hydroxylation sites is 1. The molecule has 2 heterocycles. The normalized spacial score (nSPS) is 21.7. The van der Waals surface area contributed by atoms with Gasteiger partial charge in [0.05, 0.1) is 11.2 Å². The molecule has 5 nitrogen and oxygen atoms in total. The molecule has 1 aliphatic rings. The average molecular weight is 252 g/mol. The highest BCUT2D eigenvalue weighted by atomic mass is 16.3. The maximum absolute atomic E-state index is 10.5. The van der Waals surface area contributed by atoms with Gasteiger partial charge >= 0.3 is 0 Å². The Balaban J connectivity index is 2.09. The number of nitrogens with zero attached hydrogens (tertiary/aromatic N) is 4. The first-order chi connectivity index (χ1) is 9.21. The van der Waals surface area contributed by atoms with Crippen LogP contribution in [0.3, 0.4) is 0 Å². The third-order valence-corrected chi connectivity index (χ3v) is 2.94. The Kier molecular flexibility index (Phi) is 2.61. The van der Waals surface area contributed by atoms with Crippen molar-refractivity contribution in [2.24, 2.45) is 4.99 Å². The molecule has 1 aliphatic heterocycles. The van der Waals surface area contributed by atoms with Crippen molar-refractivity contribution >= 4 is 22.9 Å². The molecule has 1 aromatic heterocycles. The standard InChI is InChI=1S/C14H12N4O/c1-11(14(19)9-5-2-6-10-15-14)18-13-8-4-3-7-12(13)16-17-18/h2-10,19H,1H2. The van der Waals surface area contributed by atoms with E-state index in [4.69, 9.17) is 0 Å². The van der Waals surface area contributed by atoms with Crippen molar-refractivity contribution in [2.75, 3.05) is 0 Å². The van der Waals surface area contributed by atoms with E-state index in [-0.39, 0.29) is 0 Å². The third-order valence-electron chi connectivity index (χ3n) is 2.94. The molecule has 0 radical (unpaired) electrons. The molecule has 2 aromatic rings. The molecule has 0 bridgehead atoms. The van der Waals surface area contributed by atoms with Crippen LogP contribution in [0, 0.1) is 0 Å². The lowest BCUT2D eigenvalue weighted by Crippen LogP contribution is -2.28. The van der Waals surface area contributed by atoms with Crippen LogP contribution in [0.1, 0.15) is 0 Å². The Morgan fingerprint density at radius 3 is 2.95 bits per heavy atom. The van der Waals surface area contributed by atoms with Gasteiger partial charge in [-0.25, -0.2) is 9.67 Å². The second-order valence-corrected chi connectivity index (χ2v) is 4.18. The van der Waals surface area contributed by atoms with Gasteiger partial charge in [0, 0.05) is 6.21 Å². The summed E-state index contributed by atoms with van der Waals surface area (Å²) in [6.45, 7) is 3.90. The van der Waals surface area contributed by atoms with E-state index in [1.807, 2.05) is 24.3 Å². The van der Waals surface area contributed by atoms with Crippen molar-refractivity contribution in [3.8, 4) is 0 Å². The SMILES string of the molecule is C=C(n1nnc2ccccc21)C1(O)C=CC=CC=N1. The average Bonchev–Trinajstić information content (AvgIpc) is 2.73. The molecule has 5 heteroatoms. The van der Waals surface area contributed by atoms with E-state index >= 15 is 0 Å². The summed E-state index contributed by atoms with van der Waals surface area (Å²) >= 11 is 0. The van der Waals surface area contributed by atoms with Crippen molar-refractivity contribution in [3.05, 3.63) is 55.1 Å². The number of rotatable bonds is 2. The number of allylic oxidation sites excluding steroid dienone is 3. The van der Waals surface area contributed by atoms with Crippen LogP contribution in [0.4, 0.5) is 0 Å². The molecule has 1 atom stereocenters. The summed E-state index contributed by atoms with van der Waals surface area (Å²) in [5, 5.41) is 18.6. The fourth-order valence-electron chi connectivity index (χ4n) is 1.90. The van der Waals surface area contributed by atoms with Gasteiger partial charge in [-0.05, 0) is 24.3 Å². The second-order valence-electron chi connectivity index (χ2n) is 4.18. The predicted octanol–water partition coefficient (Wildman–Crippen LogP) is 1.79. The molecule has 3 rings (SSSR count). The lowest BCUT2D eigenvalue weighted by molar-refractivity contribution is 0.157. The molecule has 94 valence electrons. The molecule has 0 saturated heterocycles. The molecule has 0 fully saturated rings. The van der Waals surface area contributed by atoms with Crippen molar-refractivity contribution in [3.63, 3.8) is 0 Å². The quantitative estimate of drug-likeness (QED) is 0.886. The summed E-state index contributed by atoms with van der Waals surface area (Å²) in [4.78, 5) is 4.09. The van der Waals surface area contributed by atoms with E-state index in [1.54, 1.807) is 24.3 Å². The van der Waals surface area contributed by atoms with Crippen LogP contribution in [0.2, 0.25) is 0 Å². The minimum Gasteiger partial charge on any atom is -0.361 e. The van der Waals surface area contributed by atoms with Gasteiger partial charge < -0.3 is 5.11 Å². The zero-order chi connectivity index (χ0) is 13.3. The summed E-state index contributed by atoms with van der Waals surface area (Å²) in [5.41, 5.74) is 0.339. The summed E-state index contributed by atoms with van der Waals surface area (Å²) < 4.78 is 1.50. The molecule has 0 aliphatic carbocycles. The maximum Gasteiger partial charge on any atom is 0.218 e. The number of aliphatic hydroxyl groups is 1. The Bertz CT molecular complexity index is 708. The van der Waals surface area contributed by atoms with E-state index in [0.29, 0.717) is 5.70 Å². The monoisotopic (exact) mass is 252 g/mol. The van der Waals surface area contributed by atoms with E-state index in [0.717, 1.165) is 11.0 Å². The van der Waals surface area contributed by atoms with E-state index in [1.165, 1.54) is 10.9 Å². The molecule has 1 aromatic carbocycles. The van der Waals surface area contributed by atoms with Gasteiger partial charge in [-0.15, -0.1) is 5.10 Å². The van der Waals surface area contributed by atoms with Crippen molar-refractivity contribution in [2.45, 2.75) is 5.72 Å². The number of hydrogen-bond acceptors (Lipinski definition) is 4. The van der Waals surface area contributed by atoms with E-state index in [2.05, 4.69) is 21.9 Å². The van der Waals surface area contributed by atoms with Crippen LogP contribution in [0.5, 0.6) is 0 Å². The largest absolute Gasteiger partial charge is 0.361 e. The van der Waals surface area contributed by atoms with Crippen LogP contribution in [0.15, 0.2) is 60.1 Å². The minimum absolute atomic E-state index is 0.331. The van der Waals surface area contributed by atoms with Crippen LogP contribution >= 0.6 is 0 Å². The van der Waals surface area contributed by atoms with Gasteiger partial charge in [-0.2, -0.15) is 0 Å². The van der Waals surface area contributed by atoms with E-state index < -0.39 is 5.72 Å². The Labute approximate surface area is 109 Å². The van der Waals surface area contributed by atoms with Crippen LogP contribution in [-0.2, 0) is 0 Å². The van der Waals surface area contributed by atoms with Crippen molar-refractivity contribution in [1.82, 2.24) is 15.0 Å². The van der Waals surface area contributed by atoms with Crippen molar-refractivity contribution in [1.29, 1.82) is 0 Å². The Morgan fingerprint density at radius 2 is 2.05 bits per heavy atom. The molecule has 0 saturated carbocycles. The predicted molar refractivity (Wildman–Crippen MR) is 74.6 cm³/mol. The van der Waals surface area contributed by atoms with Gasteiger partial charge in [0.25, 0.3) is 0 Å². The van der Waals surface area contributed by atoms with Crippen LogP contribution in [-0.4, -0.2) is 32.0 Å². The fraction of sp³-hybridized carbons (Fsp3) is 0.0714. The van der Waals surface area contributed by atoms with Gasteiger partial charge in [0.15, 0.2) is 0 Å². The summed E-state index contributed by atoms with van der Waals surface area (Å²) in [5.74, 6) is 0. The molecule has 1 N–H and O–H groups in total. The highest BCUT2D eigenvalue weighted by Gasteiger charge is 2.29. The molecular weight excluding hydrogens is 240 g/mol. The zero-order valence-corrected chi connectivity index (χ0v) is 10.1. The van der Waals surface area contributed by atoms with Crippen LogP contribution < -0.4 is 0 Å². The first kappa shape index (κ1) is 11.6. The van der Waals surface area contributed by atoms with Gasteiger partial charge in [-0.3, -0.25) is 0 Å². The summed E-state index contributed by atoms with van der Waals surface area (Å²) in [6, 6.07) is 7.48. The zero-order valence-electron chi connectivity index (χ0n) is 10.1. The van der Waals surface area contributed by atoms with E-state index in [9.17, 15) is 5.11 Å². The fourth-order valence-corrected chi connectivity index (χ4v) is 1.90. The first-order valence-corrected chi connectivity index (χ1v) is 5.83. The number of hydrogen-bond donors (Lipinski definition) is 1. The topological polar surface area (TPSA) is 63.3 Å². The summed E-state index contributed by atoms with van der Waals surface area (Å²) in [7, 11) is 0. The molecular formula is C14H12N4O. The maximum atomic E-state index is 10.5. The third kappa shape index (κ3) is 1.90. The molecule has 19 heavy (non-hydrogen) atoms. The number of fused-ring (bicyclic) bond motifs is 1. The van der Waals surface area contributed by atoms with Gasteiger partial charge in [0.2, 0.25) is 5.72 Å². The highest BCUT2D eigenvalue weighted by Crippen LogP contribution is 2.26. The van der Waals surface area contributed by atoms with Crippen LogP contribution in [0.25, 0.3) is 16.7 Å². The number of aliphatic imine (C=N–C) groups is 1. The van der Waals surface area contributed by atoms with Crippen molar-refractivity contribution < 1.29 is 5.11 Å². The molecule has 0 amide bonds. The van der Waals surface area contributed by atoms with Gasteiger partial charge in [0.1, 0.15) is 5.52 Å². The lowest BCUT2D eigenvalue weighted by Gasteiger charge is -2.21. The highest BCUT2D eigenvalue weighted by molar-refractivity contribution is 5.80. The van der Waals surface area contributed by atoms with Gasteiger partial charge in [-0.1, -0.05) is 36.1 Å². The lowest BCUT2D eigenvalue weighted by atomic mass is 10.1. The second kappa shape index (κ2) is 4.29. The number of benzene rings is 1. The minimum atomic E-state index is -1.51. The Morgan fingerprint density at radius 1 is 1.21 bits per heavy atom.